The first-order chi connectivity index (χ1) is 12.5. The van der Waals surface area contributed by atoms with E-state index in [-0.39, 0.29) is 25.8 Å². The van der Waals surface area contributed by atoms with E-state index < -0.39 is 36.9 Å². The van der Waals surface area contributed by atoms with Crippen LogP contribution in [-0.4, -0.2) is 44.8 Å². The topological polar surface area (TPSA) is 46.5 Å². The van der Waals surface area contributed by atoms with Gasteiger partial charge in [0.2, 0.25) is 0 Å². The van der Waals surface area contributed by atoms with Gasteiger partial charge in [-0.1, -0.05) is 0 Å². The van der Waals surface area contributed by atoms with Crippen LogP contribution in [0.15, 0.2) is 0 Å². The SMILES string of the molecule is CC1CCC2P3C(OC(C)(C)O)CC4CC(=O)C(Br)CI4[C@@]3(F)CCC12C. The second-order valence-corrected chi connectivity index (χ2v) is 20.9. The Morgan fingerprint density at radius 2 is 2.07 bits per heavy atom. The van der Waals surface area contributed by atoms with Crippen molar-refractivity contribution in [1.29, 1.82) is 0 Å². The quantitative estimate of drug-likeness (QED) is 0.196. The van der Waals surface area contributed by atoms with E-state index in [1.54, 1.807) is 13.8 Å². The summed E-state index contributed by atoms with van der Waals surface area (Å²) in [6, 6.07) is 0. The summed E-state index contributed by atoms with van der Waals surface area (Å²) >= 11 is 1.58. The first kappa shape index (κ1) is 21.4. The van der Waals surface area contributed by atoms with Crippen LogP contribution >= 0.6 is 43.7 Å². The van der Waals surface area contributed by atoms with E-state index in [1.807, 2.05) is 0 Å². The maximum atomic E-state index is 17.0. The number of rotatable bonds is 2. The fraction of sp³-hybridized carbons (Fsp3) is 0.950. The third-order valence-corrected chi connectivity index (χ3v) is 23.6. The fourth-order valence-corrected chi connectivity index (χ4v) is 24.9. The number of hydrogen-bond donors (Lipinski definition) is 1. The molecule has 156 valence electrons. The number of fused-ring (bicyclic) bond motifs is 5. The van der Waals surface area contributed by atoms with E-state index in [1.165, 1.54) is 6.42 Å². The molecule has 4 rings (SSSR count). The molecule has 27 heavy (non-hydrogen) atoms. The Labute approximate surface area is 179 Å². The fourth-order valence-electron chi connectivity index (χ4n) is 5.81. The van der Waals surface area contributed by atoms with Crippen molar-refractivity contribution >= 4 is 49.5 Å². The van der Waals surface area contributed by atoms with Crippen LogP contribution in [0, 0.1) is 11.3 Å². The average molecular weight is 577 g/mol. The van der Waals surface area contributed by atoms with Gasteiger partial charge in [-0.2, -0.15) is 0 Å². The number of alkyl halides is 5. The summed E-state index contributed by atoms with van der Waals surface area (Å²) in [5.41, 5.74) is 0.614. The molecule has 1 aliphatic carbocycles. The molecule has 0 aromatic heterocycles. The zero-order valence-electron chi connectivity index (χ0n) is 16.7. The Morgan fingerprint density at radius 3 is 2.74 bits per heavy atom. The summed E-state index contributed by atoms with van der Waals surface area (Å²) in [6.07, 6.45) is 5.23. The summed E-state index contributed by atoms with van der Waals surface area (Å²) in [6.45, 7) is 8.04. The molecule has 8 atom stereocenters. The van der Waals surface area contributed by atoms with Crippen molar-refractivity contribution in [2.24, 2.45) is 11.3 Å². The summed E-state index contributed by atoms with van der Waals surface area (Å²) in [5.74, 6) is -0.590. The van der Waals surface area contributed by atoms with E-state index in [0.717, 1.165) is 23.7 Å². The molecule has 0 amide bonds. The van der Waals surface area contributed by atoms with Gasteiger partial charge in [0.05, 0.1) is 0 Å². The zero-order chi connectivity index (χ0) is 19.8. The number of halogens is 3. The van der Waals surface area contributed by atoms with Crippen LogP contribution in [0.25, 0.3) is 0 Å². The number of ether oxygens (including phenoxy) is 1. The minimum absolute atomic E-state index is 0.133. The van der Waals surface area contributed by atoms with E-state index in [9.17, 15) is 9.90 Å². The molecular weight excluding hydrogens is 545 g/mol. The monoisotopic (exact) mass is 576 g/mol. The molecule has 4 fully saturated rings. The summed E-state index contributed by atoms with van der Waals surface area (Å²) < 4.78 is 23.1. The Hall–Kier alpha value is 1.16. The van der Waals surface area contributed by atoms with Crippen LogP contribution < -0.4 is 0 Å². The van der Waals surface area contributed by atoms with Gasteiger partial charge in [0.1, 0.15) is 0 Å². The van der Waals surface area contributed by atoms with Gasteiger partial charge in [-0.05, 0) is 0 Å². The second-order valence-electron chi connectivity index (χ2n) is 9.61. The first-order valence-electron chi connectivity index (χ1n) is 10.1. The molecule has 7 unspecified atom stereocenters. The molecule has 3 saturated heterocycles. The van der Waals surface area contributed by atoms with Gasteiger partial charge in [0.25, 0.3) is 0 Å². The molecule has 3 aliphatic heterocycles. The third kappa shape index (κ3) is 3.49. The summed E-state index contributed by atoms with van der Waals surface area (Å²) in [7, 11) is -0.960. The molecule has 1 N–H and O–H groups in total. The van der Waals surface area contributed by atoms with E-state index in [4.69, 9.17) is 4.74 Å². The van der Waals surface area contributed by atoms with Crippen molar-refractivity contribution < 1.29 is 19.0 Å². The van der Waals surface area contributed by atoms with Crippen molar-refractivity contribution in [3.05, 3.63) is 0 Å². The Morgan fingerprint density at radius 1 is 1.37 bits per heavy atom. The Bertz CT molecular complexity index is 631. The van der Waals surface area contributed by atoms with Crippen molar-refractivity contribution in [1.82, 2.24) is 0 Å². The van der Waals surface area contributed by atoms with Crippen LogP contribution in [0.1, 0.15) is 66.2 Å². The number of hydrogen-bond acceptors (Lipinski definition) is 3. The summed E-state index contributed by atoms with van der Waals surface area (Å²) in [4.78, 5) is 12.2. The van der Waals surface area contributed by atoms with Crippen LogP contribution in [0.3, 0.4) is 0 Å². The van der Waals surface area contributed by atoms with Gasteiger partial charge in [-0.25, -0.2) is 0 Å². The molecule has 0 radical (unpaired) electrons. The predicted molar refractivity (Wildman–Crippen MR) is 121 cm³/mol. The number of carbonyl (C=O) groups excluding carboxylic acids is 1. The maximum absolute atomic E-state index is 17.0. The molecule has 7 heteroatoms. The molecule has 0 spiro atoms. The summed E-state index contributed by atoms with van der Waals surface area (Å²) in [5, 5.41) is 10.4. The number of ketones is 1. The molecule has 1 saturated carbocycles. The molecule has 3 nitrogen and oxygen atoms in total. The van der Waals surface area contributed by atoms with Crippen molar-refractivity contribution in [2.75, 3.05) is 4.43 Å². The van der Waals surface area contributed by atoms with Gasteiger partial charge in [-0.3, -0.25) is 0 Å². The van der Waals surface area contributed by atoms with E-state index >= 15 is 4.39 Å². The Kier molecular flexibility index (Phi) is 5.63. The predicted octanol–water partition coefficient (Wildman–Crippen LogP) is 5.78. The standard InChI is InChI=1S/C20H32BrFIO3P/c1-12-5-6-16-19(12,4)7-8-20(22)23-11-14(21)15(24)9-13(23)10-17(27(16)20)26-18(2,3)25/h12-14,16-17,25H,5-11H2,1-4H3/t12?,13?,14?,16?,17?,19?,20-,27?/m0/s1. The molecule has 0 aromatic rings. The Balaban J connectivity index is 1.74. The van der Waals surface area contributed by atoms with Crippen LogP contribution in [0.2, 0.25) is 0 Å². The number of Topliss-reactive ketones (excluding diaryl/α,β-unsaturated/α-hetero) is 1. The van der Waals surface area contributed by atoms with E-state index in [0.29, 0.717) is 24.4 Å². The first-order valence-corrected chi connectivity index (χ1v) is 16.4. The van der Waals surface area contributed by atoms with Crippen molar-refractivity contribution in [2.45, 2.75) is 95.7 Å². The molecular formula is C20H32BrFIO3P. The third-order valence-electron chi connectivity index (χ3n) is 7.45. The van der Waals surface area contributed by atoms with E-state index in [2.05, 4.69) is 29.8 Å². The van der Waals surface area contributed by atoms with Gasteiger partial charge in [-0.15, -0.1) is 0 Å². The zero-order valence-corrected chi connectivity index (χ0v) is 21.3. The molecule has 3 heterocycles. The van der Waals surface area contributed by atoms with Crippen LogP contribution in [-0.2, 0) is 9.53 Å². The molecule has 0 bridgehead atoms. The van der Waals surface area contributed by atoms with Gasteiger partial charge in [0.15, 0.2) is 0 Å². The molecule has 0 aromatic carbocycles. The second kappa shape index (κ2) is 7.10. The van der Waals surface area contributed by atoms with Crippen molar-refractivity contribution in [3.63, 3.8) is 0 Å². The molecule has 4 aliphatic rings. The van der Waals surface area contributed by atoms with Gasteiger partial charge >= 0.3 is 180 Å². The van der Waals surface area contributed by atoms with Crippen LogP contribution in [0.5, 0.6) is 0 Å². The number of carbonyl (C=O) groups is 1. The number of aliphatic hydroxyl groups is 1. The van der Waals surface area contributed by atoms with Crippen LogP contribution in [0.4, 0.5) is 4.39 Å². The van der Waals surface area contributed by atoms with Gasteiger partial charge in [0, 0.05) is 0 Å². The average Bonchev–Trinajstić information content (AvgIpc) is 2.84. The van der Waals surface area contributed by atoms with Gasteiger partial charge < -0.3 is 0 Å². The minimum atomic E-state index is -1.98. The normalized spacial score (nSPS) is 51.5. The van der Waals surface area contributed by atoms with Crippen molar-refractivity contribution in [3.8, 4) is 0 Å².